The average molecular weight is 410 g/mol. The topological polar surface area (TPSA) is 54.9 Å². The summed E-state index contributed by atoms with van der Waals surface area (Å²) in [5.41, 5.74) is 1.69. The van der Waals surface area contributed by atoms with Crippen molar-refractivity contribution < 1.29 is 9.18 Å². The summed E-state index contributed by atoms with van der Waals surface area (Å²) in [5.74, 6) is -0.502. The van der Waals surface area contributed by atoms with Crippen molar-refractivity contribution in [2.24, 2.45) is 0 Å². The number of benzene rings is 2. The molecule has 1 amide bonds. The van der Waals surface area contributed by atoms with Crippen molar-refractivity contribution in [2.45, 2.75) is 17.2 Å². The van der Waals surface area contributed by atoms with Gasteiger partial charge in [-0.25, -0.2) is 14.4 Å². The zero-order valence-electron chi connectivity index (χ0n) is 14.9. The molecular weight excluding hydrogens is 393 g/mol. The number of thiophene rings is 1. The van der Waals surface area contributed by atoms with Crippen LogP contribution in [0.2, 0.25) is 0 Å². The zero-order valence-corrected chi connectivity index (χ0v) is 16.6. The maximum absolute atomic E-state index is 13.0. The molecule has 0 fully saturated rings. The van der Waals surface area contributed by atoms with Gasteiger partial charge >= 0.3 is 0 Å². The number of nitrogens with zero attached hydrogens (tertiary/aromatic N) is 2. The monoisotopic (exact) mass is 409 g/mol. The van der Waals surface area contributed by atoms with E-state index < -0.39 is 0 Å². The minimum absolute atomic E-state index is 0.165. The molecule has 4 aromatic rings. The van der Waals surface area contributed by atoms with E-state index in [0.29, 0.717) is 5.69 Å². The molecule has 2 aromatic heterocycles. The Morgan fingerprint density at radius 3 is 2.61 bits per heavy atom. The van der Waals surface area contributed by atoms with Gasteiger partial charge in [0.2, 0.25) is 5.91 Å². The molecule has 1 N–H and O–H groups in total. The van der Waals surface area contributed by atoms with Gasteiger partial charge in [0.05, 0.1) is 5.25 Å². The summed E-state index contributed by atoms with van der Waals surface area (Å²) in [5, 5.41) is 4.14. The summed E-state index contributed by atoms with van der Waals surface area (Å²) in [4.78, 5) is 23.3. The number of hydrogen-bond donors (Lipinski definition) is 1. The smallest absolute Gasteiger partial charge is 0.237 e. The van der Waals surface area contributed by atoms with Gasteiger partial charge in [-0.05, 0) is 42.8 Å². The molecule has 0 radical (unpaired) electrons. The number of rotatable bonds is 5. The van der Waals surface area contributed by atoms with Crippen molar-refractivity contribution in [3.8, 4) is 10.4 Å². The van der Waals surface area contributed by atoms with Gasteiger partial charge in [0.25, 0.3) is 0 Å². The van der Waals surface area contributed by atoms with Crippen LogP contribution in [-0.2, 0) is 4.79 Å². The van der Waals surface area contributed by atoms with Gasteiger partial charge in [0.1, 0.15) is 22.0 Å². The number of halogens is 1. The second-order valence-electron chi connectivity index (χ2n) is 6.13. The van der Waals surface area contributed by atoms with Crippen molar-refractivity contribution in [1.29, 1.82) is 0 Å². The lowest BCUT2D eigenvalue weighted by molar-refractivity contribution is -0.115. The lowest BCUT2D eigenvalue weighted by Crippen LogP contribution is -2.22. The molecule has 0 unspecified atom stereocenters. The number of hydrogen-bond acceptors (Lipinski definition) is 5. The normalized spacial score (nSPS) is 12.1. The predicted octanol–water partition coefficient (Wildman–Crippen LogP) is 5.62. The molecule has 0 aliphatic rings. The molecule has 7 heteroatoms. The number of carbonyl (C=O) groups excluding carboxylic acids is 1. The first kappa shape index (κ1) is 18.6. The number of fused-ring (bicyclic) bond motifs is 1. The van der Waals surface area contributed by atoms with Crippen LogP contribution < -0.4 is 5.32 Å². The second kappa shape index (κ2) is 8.08. The number of nitrogens with one attached hydrogen (secondary N) is 1. The van der Waals surface area contributed by atoms with Gasteiger partial charge in [-0.15, -0.1) is 11.3 Å². The van der Waals surface area contributed by atoms with Crippen LogP contribution in [0.4, 0.5) is 10.1 Å². The third-order valence-electron chi connectivity index (χ3n) is 4.12. The summed E-state index contributed by atoms with van der Waals surface area (Å²) < 4.78 is 13.0. The van der Waals surface area contributed by atoms with Gasteiger partial charge in [-0.3, -0.25) is 4.79 Å². The first-order valence-corrected chi connectivity index (χ1v) is 10.3. The number of aromatic nitrogens is 2. The van der Waals surface area contributed by atoms with Crippen molar-refractivity contribution >= 4 is 44.9 Å². The summed E-state index contributed by atoms with van der Waals surface area (Å²) in [7, 11) is 0. The molecule has 2 heterocycles. The Labute approximate surface area is 169 Å². The molecule has 0 saturated carbocycles. The molecule has 2 aromatic carbocycles. The maximum atomic E-state index is 13.0. The molecule has 4 rings (SSSR count). The minimum atomic E-state index is -0.372. The van der Waals surface area contributed by atoms with Crippen LogP contribution in [-0.4, -0.2) is 21.1 Å². The van der Waals surface area contributed by atoms with Crippen LogP contribution >= 0.6 is 23.1 Å². The molecule has 0 bridgehead atoms. The maximum Gasteiger partial charge on any atom is 0.237 e. The van der Waals surface area contributed by atoms with E-state index in [0.717, 1.165) is 25.7 Å². The number of anilines is 1. The molecule has 140 valence electrons. The highest BCUT2D eigenvalue weighted by Gasteiger charge is 2.18. The molecule has 4 nitrogen and oxygen atoms in total. The van der Waals surface area contributed by atoms with Gasteiger partial charge < -0.3 is 5.32 Å². The highest BCUT2D eigenvalue weighted by atomic mass is 32.2. The minimum Gasteiger partial charge on any atom is -0.325 e. The van der Waals surface area contributed by atoms with E-state index in [-0.39, 0.29) is 17.0 Å². The predicted molar refractivity (Wildman–Crippen MR) is 113 cm³/mol. The van der Waals surface area contributed by atoms with Crippen LogP contribution in [0.5, 0.6) is 0 Å². The lowest BCUT2D eigenvalue weighted by atomic mass is 10.2. The summed E-state index contributed by atoms with van der Waals surface area (Å²) in [6.45, 7) is 1.82. The average Bonchev–Trinajstić information content (AvgIpc) is 3.16. The van der Waals surface area contributed by atoms with Crippen molar-refractivity contribution in [3.05, 3.63) is 72.8 Å². The Hall–Kier alpha value is -2.77. The van der Waals surface area contributed by atoms with E-state index in [2.05, 4.69) is 33.5 Å². The van der Waals surface area contributed by atoms with E-state index in [1.54, 1.807) is 23.5 Å². The molecule has 0 spiro atoms. The standard InChI is InChI=1S/C21H16FN3OS2/c1-13(19(26)25-16-9-7-15(22)8-10-16)27-20-17-11-18(14-5-3-2-4-6-14)28-21(17)24-12-23-20/h2-13H,1H3,(H,25,26)/t13-/m1/s1. The van der Waals surface area contributed by atoms with Gasteiger partial charge in [0, 0.05) is 16.0 Å². The van der Waals surface area contributed by atoms with Crippen LogP contribution in [0, 0.1) is 5.82 Å². The molecule has 1 atom stereocenters. The van der Waals surface area contributed by atoms with E-state index in [1.807, 2.05) is 25.1 Å². The van der Waals surface area contributed by atoms with Gasteiger partial charge in [-0.2, -0.15) is 0 Å². The Morgan fingerprint density at radius 2 is 1.86 bits per heavy atom. The Bertz CT molecular complexity index is 1110. The highest BCUT2D eigenvalue weighted by Crippen LogP contribution is 2.37. The van der Waals surface area contributed by atoms with E-state index >= 15 is 0 Å². The van der Waals surface area contributed by atoms with Crippen LogP contribution in [0.25, 0.3) is 20.7 Å². The quantitative estimate of drug-likeness (QED) is 0.343. The fourth-order valence-corrected chi connectivity index (χ4v) is 4.63. The summed E-state index contributed by atoms with van der Waals surface area (Å²) >= 11 is 2.99. The Kier molecular flexibility index (Phi) is 5.36. The summed E-state index contributed by atoms with van der Waals surface area (Å²) in [6.07, 6.45) is 1.53. The van der Waals surface area contributed by atoms with Crippen molar-refractivity contribution in [3.63, 3.8) is 0 Å². The number of carbonyl (C=O) groups is 1. The first-order chi connectivity index (χ1) is 13.6. The Balaban J connectivity index is 1.54. The number of thioether (sulfide) groups is 1. The summed E-state index contributed by atoms with van der Waals surface area (Å²) in [6, 6.07) is 17.9. The fourth-order valence-electron chi connectivity index (χ4n) is 2.67. The van der Waals surface area contributed by atoms with E-state index in [9.17, 15) is 9.18 Å². The third kappa shape index (κ3) is 4.05. The molecule has 0 aliphatic heterocycles. The third-order valence-corrected chi connectivity index (χ3v) is 6.33. The first-order valence-electron chi connectivity index (χ1n) is 8.63. The van der Waals surface area contributed by atoms with Crippen molar-refractivity contribution in [1.82, 2.24) is 9.97 Å². The van der Waals surface area contributed by atoms with Gasteiger partial charge in [0.15, 0.2) is 0 Å². The van der Waals surface area contributed by atoms with Crippen LogP contribution in [0.1, 0.15) is 6.92 Å². The number of amides is 1. The van der Waals surface area contributed by atoms with Crippen molar-refractivity contribution in [2.75, 3.05) is 5.32 Å². The molecule has 0 saturated heterocycles. The van der Waals surface area contributed by atoms with Crippen LogP contribution in [0.3, 0.4) is 0 Å². The Morgan fingerprint density at radius 1 is 1.11 bits per heavy atom. The SMILES string of the molecule is C[C@@H](Sc1ncnc2sc(-c3ccccc3)cc12)C(=O)Nc1ccc(F)cc1. The second-order valence-corrected chi connectivity index (χ2v) is 8.49. The van der Waals surface area contributed by atoms with Crippen LogP contribution in [0.15, 0.2) is 72.0 Å². The van der Waals surface area contributed by atoms with E-state index in [4.69, 9.17) is 0 Å². The van der Waals surface area contributed by atoms with Gasteiger partial charge in [-0.1, -0.05) is 42.1 Å². The zero-order chi connectivity index (χ0) is 19.5. The lowest BCUT2D eigenvalue weighted by Gasteiger charge is -2.12. The molecular formula is C21H16FN3OS2. The molecule has 28 heavy (non-hydrogen) atoms. The fraction of sp³-hybridized carbons (Fsp3) is 0.0952. The highest BCUT2D eigenvalue weighted by molar-refractivity contribution is 8.00. The van der Waals surface area contributed by atoms with E-state index in [1.165, 1.54) is 30.2 Å². The molecule has 0 aliphatic carbocycles. The largest absolute Gasteiger partial charge is 0.325 e.